The summed E-state index contributed by atoms with van der Waals surface area (Å²) in [5.74, 6) is -3.65. The normalized spacial score (nSPS) is 11.5. The van der Waals surface area contributed by atoms with Crippen LogP contribution in [-0.2, 0) is 25.6 Å². The fraction of sp³-hybridized carbons (Fsp3) is 0.263. The van der Waals surface area contributed by atoms with Crippen LogP contribution in [0.4, 0.5) is 4.79 Å². The molecule has 3 amide bonds. The van der Waals surface area contributed by atoms with E-state index < -0.39 is 41.7 Å². The molecule has 0 fully saturated rings. The number of pyridine rings is 1. The molecule has 0 aliphatic carbocycles. The highest BCUT2D eigenvalue weighted by molar-refractivity contribution is 6.07. The topological polar surface area (TPSA) is 142 Å². The number of methoxy groups -OCH3 is 1. The van der Waals surface area contributed by atoms with Crippen molar-refractivity contribution in [1.29, 1.82) is 0 Å². The van der Waals surface area contributed by atoms with Gasteiger partial charge in [-0.25, -0.2) is 19.4 Å². The molecule has 1 unspecified atom stereocenters. The largest absolute Gasteiger partial charge is 0.496 e. The first-order valence-electron chi connectivity index (χ1n) is 15.6. The zero-order chi connectivity index (χ0) is 36.6. The van der Waals surface area contributed by atoms with Gasteiger partial charge in [0.25, 0.3) is 11.8 Å². The Morgan fingerprint density at radius 2 is 1.46 bits per heavy atom. The molecule has 4 rings (SSSR count). The Balaban J connectivity index is 1.80. The van der Waals surface area contributed by atoms with Crippen molar-refractivity contribution in [3.63, 3.8) is 0 Å². The number of ether oxygens (including phenoxy) is 4. The molecular formula is C38H39N3O9. The lowest BCUT2D eigenvalue weighted by Crippen LogP contribution is -2.61. The molecule has 12 nitrogen and oxygen atoms in total. The number of nitrogens with zero attached hydrogens (tertiary/aromatic N) is 3. The molecule has 0 saturated heterocycles. The predicted octanol–water partition coefficient (Wildman–Crippen LogP) is 6.38. The summed E-state index contributed by atoms with van der Waals surface area (Å²) in [6.07, 6.45) is -1.16. The van der Waals surface area contributed by atoms with E-state index in [1.165, 1.54) is 37.7 Å². The van der Waals surface area contributed by atoms with Crippen LogP contribution in [0.1, 0.15) is 74.1 Å². The zero-order valence-electron chi connectivity index (χ0n) is 29.0. The monoisotopic (exact) mass is 681 g/mol. The minimum absolute atomic E-state index is 0.000619. The number of amides is 3. The number of benzene rings is 3. The van der Waals surface area contributed by atoms with Gasteiger partial charge >= 0.3 is 24.3 Å². The standard InChI is InChI=1S/C38H39N3O9/c1-24-19-25(2)21-29(20-24)32(42)41(38(4,5)6)40(33(43)30-16-11-17-31(47-7)26(30)3)37(46)50-36(49-34(44)28-15-12-18-39-22-28)35(45)48-23-27-13-9-8-10-14-27/h8-22,36H,23H2,1-7H3. The van der Waals surface area contributed by atoms with Gasteiger partial charge in [0.05, 0.1) is 18.2 Å². The summed E-state index contributed by atoms with van der Waals surface area (Å²) in [5.41, 5.74) is 1.42. The molecule has 0 saturated carbocycles. The number of esters is 2. The fourth-order valence-electron chi connectivity index (χ4n) is 5.06. The molecule has 3 aromatic carbocycles. The Bertz CT molecular complexity index is 1850. The predicted molar refractivity (Wildman–Crippen MR) is 182 cm³/mol. The maximum Gasteiger partial charge on any atom is 0.440 e. The SMILES string of the molecule is COc1cccc(C(=O)N(C(=O)OC(OC(=O)c2cccnc2)C(=O)OCc2ccccc2)N(C(=O)c2cc(C)cc(C)c2)C(C)(C)C)c1C. The number of hydrogen-bond acceptors (Lipinski definition) is 10. The molecule has 0 N–H and O–H groups in total. The first-order valence-corrected chi connectivity index (χ1v) is 15.6. The van der Waals surface area contributed by atoms with E-state index in [2.05, 4.69) is 4.98 Å². The van der Waals surface area contributed by atoms with Crippen molar-refractivity contribution in [3.8, 4) is 5.75 Å². The summed E-state index contributed by atoms with van der Waals surface area (Å²) in [4.78, 5) is 73.5. The molecule has 0 radical (unpaired) electrons. The van der Waals surface area contributed by atoms with Gasteiger partial charge in [-0.3, -0.25) is 14.6 Å². The van der Waals surface area contributed by atoms with E-state index in [1.54, 1.807) is 82.3 Å². The second-order valence-electron chi connectivity index (χ2n) is 12.4. The number of aryl methyl sites for hydroxylation is 2. The van der Waals surface area contributed by atoms with Crippen molar-refractivity contribution in [1.82, 2.24) is 15.0 Å². The number of hydrazine groups is 1. The number of imide groups is 1. The van der Waals surface area contributed by atoms with Gasteiger partial charge in [0.15, 0.2) is 0 Å². The van der Waals surface area contributed by atoms with Gasteiger partial charge in [-0.05, 0) is 83.5 Å². The molecule has 50 heavy (non-hydrogen) atoms. The van der Waals surface area contributed by atoms with Gasteiger partial charge in [-0.2, -0.15) is 0 Å². The molecule has 0 aliphatic rings. The summed E-state index contributed by atoms with van der Waals surface area (Å²) >= 11 is 0. The molecule has 260 valence electrons. The maximum atomic E-state index is 14.5. The van der Waals surface area contributed by atoms with E-state index in [-0.39, 0.29) is 23.3 Å². The van der Waals surface area contributed by atoms with Crippen LogP contribution in [0.15, 0.2) is 91.3 Å². The summed E-state index contributed by atoms with van der Waals surface area (Å²) in [6.45, 7) is 9.84. The highest BCUT2D eigenvalue weighted by Crippen LogP contribution is 2.28. The summed E-state index contributed by atoms with van der Waals surface area (Å²) < 4.78 is 21.6. The number of carbonyl (C=O) groups is 5. The lowest BCUT2D eigenvalue weighted by atomic mass is 10.0. The van der Waals surface area contributed by atoms with Gasteiger partial charge in [0.2, 0.25) is 0 Å². The number of rotatable bonds is 9. The molecular weight excluding hydrogens is 642 g/mol. The Morgan fingerprint density at radius 1 is 0.780 bits per heavy atom. The van der Waals surface area contributed by atoms with E-state index in [0.29, 0.717) is 21.9 Å². The summed E-state index contributed by atoms with van der Waals surface area (Å²) in [6, 6.07) is 21.3. The van der Waals surface area contributed by atoms with Crippen LogP contribution in [0.5, 0.6) is 5.75 Å². The maximum absolute atomic E-state index is 14.5. The minimum Gasteiger partial charge on any atom is -0.496 e. The van der Waals surface area contributed by atoms with E-state index in [4.69, 9.17) is 18.9 Å². The average Bonchev–Trinajstić information content (AvgIpc) is 3.08. The van der Waals surface area contributed by atoms with Gasteiger partial charge < -0.3 is 18.9 Å². The van der Waals surface area contributed by atoms with Gasteiger partial charge in [0.1, 0.15) is 12.4 Å². The third-order valence-corrected chi connectivity index (χ3v) is 7.33. The van der Waals surface area contributed by atoms with Gasteiger partial charge in [-0.1, -0.05) is 53.6 Å². The first kappa shape index (κ1) is 36.8. The Morgan fingerprint density at radius 3 is 2.06 bits per heavy atom. The average molecular weight is 682 g/mol. The lowest BCUT2D eigenvalue weighted by molar-refractivity contribution is -0.178. The quantitative estimate of drug-likeness (QED) is 0.111. The summed E-state index contributed by atoms with van der Waals surface area (Å²) in [7, 11) is 1.43. The molecule has 0 spiro atoms. The summed E-state index contributed by atoms with van der Waals surface area (Å²) in [5, 5.41) is 1.44. The second-order valence-corrected chi connectivity index (χ2v) is 12.4. The van der Waals surface area contributed by atoms with Crippen molar-refractivity contribution in [2.45, 2.75) is 60.0 Å². The molecule has 4 aromatic rings. The Hall–Kier alpha value is -6.04. The van der Waals surface area contributed by atoms with Crippen molar-refractivity contribution in [2.75, 3.05) is 7.11 Å². The lowest BCUT2D eigenvalue weighted by Gasteiger charge is -2.41. The highest BCUT2D eigenvalue weighted by Gasteiger charge is 2.44. The molecule has 12 heteroatoms. The van der Waals surface area contributed by atoms with Crippen LogP contribution in [0.25, 0.3) is 0 Å². The van der Waals surface area contributed by atoms with Crippen molar-refractivity contribution in [2.24, 2.45) is 0 Å². The van der Waals surface area contributed by atoms with E-state index >= 15 is 0 Å². The molecule has 1 heterocycles. The molecule has 0 aliphatic heterocycles. The van der Waals surface area contributed by atoms with Crippen LogP contribution in [0.2, 0.25) is 0 Å². The smallest absolute Gasteiger partial charge is 0.440 e. The van der Waals surface area contributed by atoms with E-state index in [9.17, 15) is 24.0 Å². The van der Waals surface area contributed by atoms with E-state index in [1.807, 2.05) is 19.9 Å². The van der Waals surface area contributed by atoms with Crippen LogP contribution in [-0.4, -0.2) is 63.8 Å². The second kappa shape index (κ2) is 15.9. The van der Waals surface area contributed by atoms with Gasteiger partial charge in [0, 0.05) is 29.1 Å². The third-order valence-electron chi connectivity index (χ3n) is 7.33. The van der Waals surface area contributed by atoms with Crippen LogP contribution in [0.3, 0.4) is 0 Å². The highest BCUT2D eigenvalue weighted by atomic mass is 16.7. The molecule has 1 atom stereocenters. The van der Waals surface area contributed by atoms with Crippen LogP contribution >= 0.6 is 0 Å². The third kappa shape index (κ3) is 8.90. The number of aromatic nitrogens is 1. The zero-order valence-corrected chi connectivity index (χ0v) is 29.0. The number of hydrogen-bond donors (Lipinski definition) is 0. The first-order chi connectivity index (χ1) is 23.7. The molecule has 1 aromatic heterocycles. The van der Waals surface area contributed by atoms with Crippen molar-refractivity contribution < 1.29 is 42.9 Å². The van der Waals surface area contributed by atoms with Gasteiger partial charge in [-0.15, -0.1) is 5.01 Å². The van der Waals surface area contributed by atoms with Crippen LogP contribution < -0.4 is 4.74 Å². The number of carbonyl (C=O) groups excluding carboxylic acids is 5. The Kier molecular flexibility index (Phi) is 11.7. The minimum atomic E-state index is -2.29. The van der Waals surface area contributed by atoms with Crippen LogP contribution in [0, 0.1) is 20.8 Å². The van der Waals surface area contributed by atoms with Crippen molar-refractivity contribution in [3.05, 3.63) is 130 Å². The van der Waals surface area contributed by atoms with E-state index in [0.717, 1.165) is 16.1 Å². The fourth-order valence-corrected chi connectivity index (χ4v) is 5.06. The van der Waals surface area contributed by atoms with Crippen molar-refractivity contribution >= 4 is 29.8 Å². The molecule has 0 bridgehead atoms. The Labute approximate surface area is 290 Å².